The molecule has 2 rings (SSSR count). The first-order valence-corrected chi connectivity index (χ1v) is 6.45. The fourth-order valence-electron chi connectivity index (χ4n) is 2.49. The average molecular weight is 247 g/mol. The van der Waals surface area contributed by atoms with Gasteiger partial charge in [0, 0.05) is 32.7 Å². The van der Waals surface area contributed by atoms with E-state index in [2.05, 4.69) is 29.2 Å². The third kappa shape index (κ3) is 3.23. The van der Waals surface area contributed by atoms with Gasteiger partial charge < -0.3 is 10.6 Å². The van der Waals surface area contributed by atoms with Gasteiger partial charge in [0.25, 0.3) is 0 Å². The standard InChI is InChI=1S/C14H21N3O/c1-16(14(15)18)13-7-9-17(10-8-13)11-12-5-3-2-4-6-12/h2-6,13H,7-11H2,1H3,(H2,15,18). The molecular formula is C14H21N3O. The third-order valence-electron chi connectivity index (χ3n) is 3.70. The van der Waals surface area contributed by atoms with Crippen molar-refractivity contribution < 1.29 is 4.79 Å². The molecule has 1 saturated heterocycles. The summed E-state index contributed by atoms with van der Waals surface area (Å²) in [5, 5.41) is 0. The zero-order valence-electron chi connectivity index (χ0n) is 10.9. The van der Waals surface area contributed by atoms with Crippen LogP contribution in [0.15, 0.2) is 30.3 Å². The largest absolute Gasteiger partial charge is 0.351 e. The summed E-state index contributed by atoms with van der Waals surface area (Å²) in [5.74, 6) is 0. The molecule has 1 fully saturated rings. The molecule has 0 radical (unpaired) electrons. The zero-order valence-corrected chi connectivity index (χ0v) is 10.9. The summed E-state index contributed by atoms with van der Waals surface area (Å²) in [4.78, 5) is 15.2. The molecule has 0 unspecified atom stereocenters. The van der Waals surface area contributed by atoms with Gasteiger partial charge in [-0.15, -0.1) is 0 Å². The number of rotatable bonds is 3. The molecule has 0 atom stereocenters. The summed E-state index contributed by atoms with van der Waals surface area (Å²) in [6.45, 7) is 3.04. The fourth-order valence-corrected chi connectivity index (χ4v) is 2.49. The molecule has 1 aromatic rings. The highest BCUT2D eigenvalue weighted by molar-refractivity contribution is 5.72. The van der Waals surface area contributed by atoms with E-state index in [1.54, 1.807) is 11.9 Å². The Kier molecular flexibility index (Phi) is 4.20. The lowest BCUT2D eigenvalue weighted by atomic mass is 10.0. The van der Waals surface area contributed by atoms with Gasteiger partial charge >= 0.3 is 6.03 Å². The van der Waals surface area contributed by atoms with E-state index < -0.39 is 0 Å². The maximum Gasteiger partial charge on any atom is 0.314 e. The number of nitrogens with two attached hydrogens (primary N) is 1. The highest BCUT2D eigenvalue weighted by Crippen LogP contribution is 2.17. The van der Waals surface area contributed by atoms with Crippen LogP contribution < -0.4 is 5.73 Å². The number of carbonyl (C=O) groups excluding carboxylic acids is 1. The van der Waals surface area contributed by atoms with Crippen molar-refractivity contribution in [1.82, 2.24) is 9.80 Å². The first-order valence-electron chi connectivity index (χ1n) is 6.45. The Balaban J connectivity index is 1.82. The molecule has 18 heavy (non-hydrogen) atoms. The van der Waals surface area contributed by atoms with Gasteiger partial charge in [0.15, 0.2) is 0 Å². The number of hydrogen-bond donors (Lipinski definition) is 1. The quantitative estimate of drug-likeness (QED) is 0.883. The van der Waals surface area contributed by atoms with Crippen LogP contribution in [-0.4, -0.2) is 42.0 Å². The van der Waals surface area contributed by atoms with Crippen molar-refractivity contribution in [2.75, 3.05) is 20.1 Å². The second-order valence-corrected chi connectivity index (χ2v) is 4.94. The van der Waals surface area contributed by atoms with Crippen LogP contribution in [0.25, 0.3) is 0 Å². The summed E-state index contributed by atoms with van der Waals surface area (Å²) in [6.07, 6.45) is 2.01. The molecule has 1 heterocycles. The topological polar surface area (TPSA) is 49.6 Å². The molecule has 4 heteroatoms. The number of piperidine rings is 1. The molecule has 0 aromatic heterocycles. The molecular weight excluding hydrogens is 226 g/mol. The Labute approximate surface area is 108 Å². The van der Waals surface area contributed by atoms with Crippen molar-refractivity contribution in [3.05, 3.63) is 35.9 Å². The highest BCUT2D eigenvalue weighted by Gasteiger charge is 2.23. The maximum absolute atomic E-state index is 11.1. The Morgan fingerprint density at radius 2 is 1.94 bits per heavy atom. The Bertz CT molecular complexity index is 385. The summed E-state index contributed by atoms with van der Waals surface area (Å²) in [7, 11) is 1.79. The van der Waals surface area contributed by atoms with Gasteiger partial charge in [0.1, 0.15) is 0 Å². The first-order chi connectivity index (χ1) is 8.66. The molecule has 0 spiro atoms. The minimum Gasteiger partial charge on any atom is -0.351 e. The van der Waals surface area contributed by atoms with Crippen LogP contribution >= 0.6 is 0 Å². The molecule has 0 saturated carbocycles. The molecule has 4 nitrogen and oxygen atoms in total. The lowest BCUT2D eigenvalue weighted by Crippen LogP contribution is -2.47. The van der Waals surface area contributed by atoms with Crippen LogP contribution in [0, 0.1) is 0 Å². The van der Waals surface area contributed by atoms with E-state index in [1.807, 2.05) is 6.07 Å². The molecule has 0 bridgehead atoms. The van der Waals surface area contributed by atoms with E-state index in [-0.39, 0.29) is 6.03 Å². The summed E-state index contributed by atoms with van der Waals surface area (Å²) in [5.41, 5.74) is 6.64. The monoisotopic (exact) mass is 247 g/mol. The maximum atomic E-state index is 11.1. The van der Waals surface area contributed by atoms with Crippen LogP contribution in [-0.2, 0) is 6.54 Å². The van der Waals surface area contributed by atoms with E-state index in [0.717, 1.165) is 32.5 Å². The smallest absolute Gasteiger partial charge is 0.314 e. The number of hydrogen-bond acceptors (Lipinski definition) is 2. The second-order valence-electron chi connectivity index (χ2n) is 4.94. The number of amides is 2. The highest BCUT2D eigenvalue weighted by atomic mass is 16.2. The van der Waals surface area contributed by atoms with E-state index in [4.69, 9.17) is 5.73 Å². The number of urea groups is 1. The molecule has 1 aliphatic heterocycles. The van der Waals surface area contributed by atoms with Crippen molar-refractivity contribution in [3.63, 3.8) is 0 Å². The van der Waals surface area contributed by atoms with Crippen LogP contribution in [0.1, 0.15) is 18.4 Å². The van der Waals surface area contributed by atoms with Gasteiger partial charge in [-0.25, -0.2) is 4.79 Å². The van der Waals surface area contributed by atoms with E-state index in [9.17, 15) is 4.79 Å². The van der Waals surface area contributed by atoms with Crippen molar-refractivity contribution in [2.24, 2.45) is 5.73 Å². The average Bonchev–Trinajstić information content (AvgIpc) is 2.40. The zero-order chi connectivity index (χ0) is 13.0. The predicted octanol–water partition coefficient (Wildman–Crippen LogP) is 1.66. The number of nitrogens with zero attached hydrogens (tertiary/aromatic N) is 2. The number of likely N-dealkylation sites (tertiary alicyclic amines) is 1. The molecule has 0 aliphatic carbocycles. The van der Waals surface area contributed by atoms with Crippen molar-refractivity contribution >= 4 is 6.03 Å². The van der Waals surface area contributed by atoms with Gasteiger partial charge in [-0.3, -0.25) is 4.90 Å². The van der Waals surface area contributed by atoms with E-state index >= 15 is 0 Å². The number of benzene rings is 1. The SMILES string of the molecule is CN(C(N)=O)C1CCN(Cc2ccccc2)CC1. The minimum atomic E-state index is -0.323. The molecule has 1 aliphatic rings. The van der Waals surface area contributed by atoms with Crippen LogP contribution in [0.3, 0.4) is 0 Å². The summed E-state index contributed by atoms with van der Waals surface area (Å²) >= 11 is 0. The Morgan fingerprint density at radius 1 is 1.33 bits per heavy atom. The van der Waals surface area contributed by atoms with E-state index in [1.165, 1.54) is 5.56 Å². The van der Waals surface area contributed by atoms with Crippen molar-refractivity contribution in [3.8, 4) is 0 Å². The minimum absolute atomic E-state index is 0.300. The normalized spacial score (nSPS) is 17.6. The van der Waals surface area contributed by atoms with Crippen molar-refractivity contribution in [2.45, 2.75) is 25.4 Å². The molecule has 2 N–H and O–H groups in total. The Hall–Kier alpha value is -1.55. The lowest BCUT2D eigenvalue weighted by Gasteiger charge is -2.36. The Morgan fingerprint density at radius 3 is 2.50 bits per heavy atom. The molecule has 2 amide bonds. The van der Waals surface area contributed by atoms with Gasteiger partial charge in [-0.2, -0.15) is 0 Å². The predicted molar refractivity (Wildman–Crippen MR) is 72.1 cm³/mol. The molecule has 1 aromatic carbocycles. The summed E-state index contributed by atoms with van der Waals surface area (Å²) in [6, 6.07) is 10.5. The first kappa shape index (κ1) is 12.9. The fraction of sp³-hybridized carbons (Fsp3) is 0.500. The molecule has 98 valence electrons. The van der Waals surface area contributed by atoms with Gasteiger partial charge in [-0.05, 0) is 18.4 Å². The second kappa shape index (κ2) is 5.87. The van der Waals surface area contributed by atoms with Gasteiger partial charge in [0.2, 0.25) is 0 Å². The number of carbonyl (C=O) groups is 1. The summed E-state index contributed by atoms with van der Waals surface area (Å²) < 4.78 is 0. The van der Waals surface area contributed by atoms with Crippen LogP contribution in [0.2, 0.25) is 0 Å². The van der Waals surface area contributed by atoms with Gasteiger partial charge in [-0.1, -0.05) is 30.3 Å². The van der Waals surface area contributed by atoms with Crippen LogP contribution in [0.4, 0.5) is 4.79 Å². The van der Waals surface area contributed by atoms with E-state index in [0.29, 0.717) is 6.04 Å². The van der Waals surface area contributed by atoms with Crippen LogP contribution in [0.5, 0.6) is 0 Å². The third-order valence-corrected chi connectivity index (χ3v) is 3.70. The number of primary amides is 1. The lowest BCUT2D eigenvalue weighted by molar-refractivity contribution is 0.135. The van der Waals surface area contributed by atoms with Crippen molar-refractivity contribution in [1.29, 1.82) is 0 Å². The van der Waals surface area contributed by atoms with Gasteiger partial charge in [0.05, 0.1) is 0 Å².